The van der Waals surface area contributed by atoms with Crippen LogP contribution in [0.3, 0.4) is 0 Å². The topological polar surface area (TPSA) is 83.6 Å². The van der Waals surface area contributed by atoms with Gasteiger partial charge in [0.15, 0.2) is 0 Å². The fourth-order valence-corrected chi connectivity index (χ4v) is 1.82. The summed E-state index contributed by atoms with van der Waals surface area (Å²) in [6, 6.07) is -0.923. The Kier molecular flexibility index (Phi) is 4.73. The molecule has 0 saturated carbocycles. The van der Waals surface area contributed by atoms with E-state index >= 15 is 0 Å². The van der Waals surface area contributed by atoms with Crippen molar-refractivity contribution in [2.45, 2.75) is 38.6 Å². The van der Waals surface area contributed by atoms with E-state index in [1.54, 1.807) is 0 Å². The zero-order chi connectivity index (χ0) is 12.1. The summed E-state index contributed by atoms with van der Waals surface area (Å²) in [7, 11) is 0. The van der Waals surface area contributed by atoms with Crippen molar-refractivity contribution in [1.29, 1.82) is 0 Å². The average molecular weight is 228 g/mol. The lowest BCUT2D eigenvalue weighted by Crippen LogP contribution is -2.39. The van der Waals surface area contributed by atoms with Crippen molar-refractivity contribution in [2.24, 2.45) is 11.7 Å². The lowest BCUT2D eigenvalue weighted by atomic mass is 9.99. The largest absolute Gasteiger partial charge is 0.480 e. The molecule has 0 aromatic rings. The molecule has 5 nitrogen and oxygen atoms in total. The van der Waals surface area contributed by atoms with Gasteiger partial charge in [-0.25, -0.2) is 0 Å². The number of carboxylic acids is 1. The van der Waals surface area contributed by atoms with Crippen LogP contribution in [0.1, 0.15) is 32.6 Å². The van der Waals surface area contributed by atoms with Gasteiger partial charge in [0.1, 0.15) is 6.04 Å². The first-order chi connectivity index (χ1) is 7.50. The number of amides is 1. The van der Waals surface area contributed by atoms with Gasteiger partial charge in [-0.05, 0) is 25.2 Å². The molecule has 1 fully saturated rings. The molecule has 16 heavy (non-hydrogen) atoms. The minimum Gasteiger partial charge on any atom is -0.480 e. The predicted octanol–water partition coefficient (Wildman–Crippen LogP) is 0.437. The molecule has 0 aromatic carbocycles. The molecule has 92 valence electrons. The van der Waals surface area contributed by atoms with Gasteiger partial charge < -0.3 is 15.7 Å². The van der Waals surface area contributed by atoms with Crippen molar-refractivity contribution in [2.75, 3.05) is 13.1 Å². The van der Waals surface area contributed by atoms with Crippen LogP contribution in [0, 0.1) is 5.92 Å². The van der Waals surface area contributed by atoms with Crippen LogP contribution in [0.2, 0.25) is 0 Å². The first kappa shape index (κ1) is 13.0. The molecule has 3 N–H and O–H groups in total. The second-order valence-electron chi connectivity index (χ2n) is 4.55. The van der Waals surface area contributed by atoms with E-state index in [1.165, 1.54) is 0 Å². The molecule has 1 rings (SSSR count). The molecule has 0 aliphatic carbocycles. The number of piperidine rings is 1. The molecule has 0 unspecified atom stereocenters. The Morgan fingerprint density at radius 3 is 2.50 bits per heavy atom. The van der Waals surface area contributed by atoms with Gasteiger partial charge in [0.2, 0.25) is 5.91 Å². The molecule has 1 aliphatic rings. The van der Waals surface area contributed by atoms with Crippen molar-refractivity contribution < 1.29 is 14.7 Å². The zero-order valence-corrected chi connectivity index (χ0v) is 9.69. The monoisotopic (exact) mass is 228 g/mol. The van der Waals surface area contributed by atoms with E-state index in [0.717, 1.165) is 25.9 Å². The minimum atomic E-state index is -1.04. The Hall–Kier alpha value is -1.10. The lowest BCUT2D eigenvalue weighted by molar-refractivity contribution is -0.139. The zero-order valence-electron chi connectivity index (χ0n) is 9.69. The number of nitrogens with zero attached hydrogens (tertiary/aromatic N) is 1. The van der Waals surface area contributed by atoms with E-state index in [9.17, 15) is 9.59 Å². The maximum Gasteiger partial charge on any atom is 0.320 e. The van der Waals surface area contributed by atoms with Crippen LogP contribution < -0.4 is 5.73 Å². The van der Waals surface area contributed by atoms with E-state index in [0.29, 0.717) is 5.92 Å². The van der Waals surface area contributed by atoms with Crippen LogP contribution >= 0.6 is 0 Å². The SMILES string of the molecule is CC1CCN(C(=O)CC[C@H](N)C(=O)O)CC1. The molecule has 1 amide bonds. The number of rotatable bonds is 4. The van der Waals surface area contributed by atoms with Gasteiger partial charge in [-0.15, -0.1) is 0 Å². The maximum absolute atomic E-state index is 11.7. The van der Waals surface area contributed by atoms with Crippen LogP contribution in [0.5, 0.6) is 0 Å². The molecule has 5 heteroatoms. The fourth-order valence-electron chi connectivity index (χ4n) is 1.82. The lowest BCUT2D eigenvalue weighted by Gasteiger charge is -2.30. The van der Waals surface area contributed by atoms with Gasteiger partial charge in [-0.1, -0.05) is 6.92 Å². The number of hydrogen-bond donors (Lipinski definition) is 2. The first-order valence-electron chi connectivity index (χ1n) is 5.77. The highest BCUT2D eigenvalue weighted by molar-refractivity contribution is 5.78. The first-order valence-corrected chi connectivity index (χ1v) is 5.77. The summed E-state index contributed by atoms with van der Waals surface area (Å²) in [5.41, 5.74) is 5.35. The maximum atomic E-state index is 11.7. The summed E-state index contributed by atoms with van der Waals surface area (Å²) in [5, 5.41) is 8.59. The van der Waals surface area contributed by atoms with Crippen molar-refractivity contribution in [3.63, 3.8) is 0 Å². The smallest absolute Gasteiger partial charge is 0.320 e. The van der Waals surface area contributed by atoms with Gasteiger partial charge in [0.25, 0.3) is 0 Å². The number of carbonyl (C=O) groups excluding carboxylic acids is 1. The Balaban J connectivity index is 2.27. The molecular formula is C11H20N2O3. The van der Waals surface area contributed by atoms with Crippen LogP contribution in [-0.4, -0.2) is 41.0 Å². The molecule has 0 aromatic heterocycles. The van der Waals surface area contributed by atoms with E-state index in [-0.39, 0.29) is 18.7 Å². The van der Waals surface area contributed by atoms with Gasteiger partial charge >= 0.3 is 5.97 Å². The number of hydrogen-bond acceptors (Lipinski definition) is 3. The van der Waals surface area contributed by atoms with Gasteiger partial charge in [0.05, 0.1) is 0 Å². The summed E-state index contributed by atoms with van der Waals surface area (Å²) in [5.74, 6) is -0.325. The van der Waals surface area contributed by atoms with Crippen molar-refractivity contribution in [3.8, 4) is 0 Å². The van der Waals surface area contributed by atoms with Gasteiger partial charge in [0, 0.05) is 19.5 Å². The van der Waals surface area contributed by atoms with Crippen LogP contribution in [0.4, 0.5) is 0 Å². The number of carboxylic acid groups (broad SMARTS) is 1. The van der Waals surface area contributed by atoms with Crippen LogP contribution in [0.15, 0.2) is 0 Å². The normalized spacial score (nSPS) is 19.5. The Morgan fingerprint density at radius 2 is 2.00 bits per heavy atom. The third-order valence-corrected chi connectivity index (χ3v) is 3.12. The second kappa shape index (κ2) is 5.84. The fraction of sp³-hybridized carbons (Fsp3) is 0.818. The van der Waals surface area contributed by atoms with Crippen molar-refractivity contribution in [1.82, 2.24) is 4.90 Å². The standard InChI is InChI=1S/C11H20N2O3/c1-8-4-6-13(7-5-8)10(14)3-2-9(12)11(15)16/h8-9H,2-7,12H2,1H3,(H,15,16)/t9-/m0/s1. The quantitative estimate of drug-likeness (QED) is 0.731. The van der Waals surface area contributed by atoms with Crippen molar-refractivity contribution >= 4 is 11.9 Å². The highest BCUT2D eigenvalue weighted by Crippen LogP contribution is 2.17. The van der Waals surface area contributed by atoms with Crippen LogP contribution in [-0.2, 0) is 9.59 Å². The molecule has 0 radical (unpaired) electrons. The Bertz CT molecular complexity index is 260. The molecule has 1 saturated heterocycles. The van der Waals surface area contributed by atoms with E-state index in [2.05, 4.69) is 6.92 Å². The predicted molar refractivity (Wildman–Crippen MR) is 59.8 cm³/mol. The highest BCUT2D eigenvalue weighted by atomic mass is 16.4. The van der Waals surface area contributed by atoms with E-state index in [1.807, 2.05) is 4.90 Å². The number of likely N-dealkylation sites (tertiary alicyclic amines) is 1. The third kappa shape index (κ3) is 3.81. The van der Waals surface area contributed by atoms with Gasteiger partial charge in [-0.3, -0.25) is 9.59 Å². The summed E-state index contributed by atoms with van der Waals surface area (Å²) < 4.78 is 0. The Morgan fingerprint density at radius 1 is 1.44 bits per heavy atom. The minimum absolute atomic E-state index is 0.0311. The van der Waals surface area contributed by atoms with E-state index < -0.39 is 12.0 Å². The van der Waals surface area contributed by atoms with E-state index in [4.69, 9.17) is 10.8 Å². The second-order valence-corrected chi connectivity index (χ2v) is 4.55. The summed E-state index contributed by atoms with van der Waals surface area (Å²) in [6.07, 6.45) is 2.54. The van der Waals surface area contributed by atoms with Gasteiger partial charge in [-0.2, -0.15) is 0 Å². The summed E-state index contributed by atoms with van der Waals surface area (Å²) in [4.78, 5) is 24.0. The number of carbonyl (C=O) groups is 2. The number of aliphatic carboxylic acids is 1. The third-order valence-electron chi connectivity index (χ3n) is 3.12. The van der Waals surface area contributed by atoms with Crippen molar-refractivity contribution in [3.05, 3.63) is 0 Å². The highest BCUT2D eigenvalue weighted by Gasteiger charge is 2.21. The molecule has 0 bridgehead atoms. The molecular weight excluding hydrogens is 208 g/mol. The molecule has 1 aliphatic heterocycles. The molecule has 1 heterocycles. The number of nitrogens with two attached hydrogens (primary N) is 1. The van der Waals surface area contributed by atoms with Crippen LogP contribution in [0.25, 0.3) is 0 Å². The molecule has 1 atom stereocenters. The average Bonchev–Trinajstić information content (AvgIpc) is 2.26. The summed E-state index contributed by atoms with van der Waals surface area (Å²) >= 11 is 0. The molecule has 0 spiro atoms. The Labute approximate surface area is 95.6 Å². The summed E-state index contributed by atoms with van der Waals surface area (Å²) in [6.45, 7) is 3.77.